The van der Waals surface area contributed by atoms with Crippen molar-refractivity contribution in [1.29, 1.82) is 0 Å². The summed E-state index contributed by atoms with van der Waals surface area (Å²) in [5.74, 6) is -0.336. The Morgan fingerprint density at radius 1 is 1.19 bits per heavy atom. The fourth-order valence-electron chi connectivity index (χ4n) is 2.65. The minimum atomic E-state index is -0.336. The quantitative estimate of drug-likeness (QED) is 0.855. The average Bonchev–Trinajstić information content (AvgIpc) is 2.67. The predicted molar refractivity (Wildman–Crippen MR) is 89.1 cm³/mol. The first-order chi connectivity index (χ1) is 9.86. The van der Waals surface area contributed by atoms with Crippen LogP contribution in [-0.4, -0.2) is 12.6 Å². The van der Waals surface area contributed by atoms with Gasteiger partial charge in [-0.15, -0.1) is 11.3 Å². The van der Waals surface area contributed by atoms with Crippen LogP contribution in [0.3, 0.4) is 0 Å². The molecule has 2 rings (SSSR count). The van der Waals surface area contributed by atoms with E-state index in [4.69, 9.17) is 10.5 Å². The Bertz CT molecular complexity index is 678. The van der Waals surface area contributed by atoms with E-state index in [0.29, 0.717) is 17.2 Å². The van der Waals surface area contributed by atoms with Gasteiger partial charge in [0.05, 0.1) is 12.3 Å². The van der Waals surface area contributed by atoms with Gasteiger partial charge in [0.15, 0.2) is 0 Å². The molecule has 0 radical (unpaired) electrons. The van der Waals surface area contributed by atoms with E-state index in [9.17, 15) is 4.79 Å². The Hall–Kier alpha value is -1.81. The van der Waals surface area contributed by atoms with Gasteiger partial charge in [0.2, 0.25) is 0 Å². The van der Waals surface area contributed by atoms with Crippen molar-refractivity contribution in [1.82, 2.24) is 0 Å². The lowest BCUT2D eigenvalue weighted by Crippen LogP contribution is -2.05. The lowest BCUT2D eigenvalue weighted by atomic mass is 9.97. The molecule has 0 bridgehead atoms. The highest BCUT2D eigenvalue weighted by Crippen LogP contribution is 2.41. The van der Waals surface area contributed by atoms with E-state index in [-0.39, 0.29) is 5.97 Å². The molecule has 1 aromatic carbocycles. The molecule has 1 heterocycles. The van der Waals surface area contributed by atoms with E-state index >= 15 is 0 Å². The van der Waals surface area contributed by atoms with Crippen molar-refractivity contribution in [3.63, 3.8) is 0 Å². The molecule has 0 unspecified atom stereocenters. The van der Waals surface area contributed by atoms with Crippen LogP contribution < -0.4 is 5.73 Å². The third-order valence-electron chi connectivity index (χ3n) is 3.56. The van der Waals surface area contributed by atoms with Gasteiger partial charge in [-0.2, -0.15) is 0 Å². The summed E-state index contributed by atoms with van der Waals surface area (Å²) in [6, 6.07) is 4.31. The molecule has 1 aromatic heterocycles. The topological polar surface area (TPSA) is 52.3 Å². The Kier molecular flexibility index (Phi) is 4.37. The van der Waals surface area contributed by atoms with Gasteiger partial charge in [0.1, 0.15) is 4.88 Å². The van der Waals surface area contributed by atoms with Crippen molar-refractivity contribution >= 4 is 23.0 Å². The molecule has 112 valence electrons. The maximum atomic E-state index is 12.0. The summed E-state index contributed by atoms with van der Waals surface area (Å²) >= 11 is 1.42. The van der Waals surface area contributed by atoms with E-state index in [1.165, 1.54) is 33.6 Å². The lowest BCUT2D eigenvalue weighted by molar-refractivity contribution is 0.0533. The van der Waals surface area contributed by atoms with Crippen LogP contribution in [0.5, 0.6) is 0 Å². The van der Waals surface area contributed by atoms with Gasteiger partial charge < -0.3 is 10.5 Å². The van der Waals surface area contributed by atoms with Crippen LogP contribution in [0.1, 0.15) is 38.8 Å². The van der Waals surface area contributed by atoms with Crippen LogP contribution in [-0.2, 0) is 4.74 Å². The lowest BCUT2D eigenvalue weighted by Gasteiger charge is -2.10. The number of carbonyl (C=O) groups excluding carboxylic acids is 1. The maximum Gasteiger partial charge on any atom is 0.350 e. The van der Waals surface area contributed by atoms with E-state index in [1.54, 1.807) is 6.92 Å². The average molecular weight is 303 g/mol. The van der Waals surface area contributed by atoms with Crippen molar-refractivity contribution in [2.45, 2.75) is 34.6 Å². The van der Waals surface area contributed by atoms with Crippen LogP contribution in [0, 0.1) is 27.7 Å². The number of esters is 1. The van der Waals surface area contributed by atoms with Crippen molar-refractivity contribution in [3.05, 3.63) is 39.3 Å². The number of ether oxygens (including phenoxy) is 1. The first-order valence-electron chi connectivity index (χ1n) is 7.01. The molecule has 3 nitrogen and oxygen atoms in total. The van der Waals surface area contributed by atoms with Crippen LogP contribution >= 0.6 is 11.3 Å². The largest absolute Gasteiger partial charge is 0.462 e. The monoisotopic (exact) mass is 303 g/mol. The van der Waals surface area contributed by atoms with Crippen molar-refractivity contribution < 1.29 is 9.53 Å². The zero-order valence-electron chi connectivity index (χ0n) is 13.2. The summed E-state index contributed by atoms with van der Waals surface area (Å²) in [4.78, 5) is 13.6. The second kappa shape index (κ2) is 5.90. The molecule has 0 aliphatic heterocycles. The number of thiophene rings is 1. The Morgan fingerprint density at radius 2 is 1.76 bits per heavy atom. The molecule has 4 heteroatoms. The third-order valence-corrected chi connectivity index (χ3v) is 4.86. The second-order valence-corrected chi connectivity index (χ2v) is 6.31. The highest BCUT2D eigenvalue weighted by atomic mass is 32.1. The molecular weight excluding hydrogens is 282 g/mol. The summed E-state index contributed by atoms with van der Waals surface area (Å²) in [5, 5.41) is 0. The number of carbonyl (C=O) groups is 1. The fraction of sp³-hybridized carbons (Fsp3) is 0.353. The van der Waals surface area contributed by atoms with Gasteiger partial charge in [-0.1, -0.05) is 17.7 Å². The van der Waals surface area contributed by atoms with Crippen molar-refractivity contribution in [2.24, 2.45) is 0 Å². The van der Waals surface area contributed by atoms with Crippen LogP contribution in [0.15, 0.2) is 12.1 Å². The van der Waals surface area contributed by atoms with Crippen LogP contribution in [0.25, 0.3) is 10.4 Å². The number of hydrogen-bond donors (Lipinski definition) is 1. The highest BCUT2D eigenvalue weighted by Gasteiger charge is 2.22. The summed E-state index contributed by atoms with van der Waals surface area (Å²) < 4.78 is 5.08. The molecule has 0 saturated heterocycles. The Balaban J connectivity index is 2.61. The van der Waals surface area contributed by atoms with Crippen LogP contribution in [0.4, 0.5) is 5.69 Å². The third kappa shape index (κ3) is 2.81. The summed E-state index contributed by atoms with van der Waals surface area (Å²) in [7, 11) is 0. The number of hydrogen-bond acceptors (Lipinski definition) is 4. The molecule has 0 fully saturated rings. The highest BCUT2D eigenvalue weighted by molar-refractivity contribution is 7.18. The van der Waals surface area contributed by atoms with Crippen molar-refractivity contribution in [2.75, 3.05) is 12.3 Å². The Labute approximate surface area is 129 Å². The van der Waals surface area contributed by atoms with E-state index in [2.05, 4.69) is 32.9 Å². The first-order valence-corrected chi connectivity index (χ1v) is 7.82. The van der Waals surface area contributed by atoms with Gasteiger partial charge >= 0.3 is 5.97 Å². The maximum absolute atomic E-state index is 12.0. The predicted octanol–water partition coefficient (Wildman–Crippen LogP) is 4.41. The first kappa shape index (κ1) is 15.6. The number of benzene rings is 1. The molecule has 2 N–H and O–H groups in total. The summed E-state index contributed by atoms with van der Waals surface area (Å²) in [6.45, 7) is 10.4. The molecule has 2 aromatic rings. The number of aryl methyl sites for hydroxylation is 3. The minimum Gasteiger partial charge on any atom is -0.462 e. The van der Waals surface area contributed by atoms with Gasteiger partial charge in [0, 0.05) is 4.88 Å². The van der Waals surface area contributed by atoms with Gasteiger partial charge in [-0.05, 0) is 56.9 Å². The summed E-state index contributed by atoms with van der Waals surface area (Å²) in [6.07, 6.45) is 0. The number of nitrogen functional groups attached to an aromatic ring is 1. The van der Waals surface area contributed by atoms with E-state index < -0.39 is 0 Å². The smallest absolute Gasteiger partial charge is 0.350 e. The SMILES string of the molecule is CCOC(=O)c1sc(-c2c(C)cc(C)cc2C)c(C)c1N. The molecular formula is C17H21NO2S. The molecule has 0 aliphatic carbocycles. The van der Waals surface area contributed by atoms with Gasteiger partial charge in [0.25, 0.3) is 0 Å². The molecule has 0 atom stereocenters. The number of nitrogens with two attached hydrogens (primary N) is 1. The van der Waals surface area contributed by atoms with E-state index in [0.717, 1.165) is 10.4 Å². The fourth-order valence-corrected chi connectivity index (χ4v) is 3.95. The molecule has 0 aliphatic rings. The van der Waals surface area contributed by atoms with Crippen molar-refractivity contribution in [3.8, 4) is 10.4 Å². The Morgan fingerprint density at radius 3 is 2.29 bits per heavy atom. The molecule has 0 amide bonds. The summed E-state index contributed by atoms with van der Waals surface area (Å²) in [5.41, 5.74) is 12.4. The number of rotatable bonds is 3. The standard InChI is InChI=1S/C17H21NO2S/c1-6-20-17(19)16-14(18)12(5)15(21-16)13-10(3)7-9(2)8-11(13)4/h7-8H,6,18H2,1-5H3. The normalized spacial score (nSPS) is 10.7. The van der Waals surface area contributed by atoms with Crippen LogP contribution in [0.2, 0.25) is 0 Å². The van der Waals surface area contributed by atoms with Gasteiger partial charge in [-0.25, -0.2) is 4.79 Å². The van der Waals surface area contributed by atoms with E-state index in [1.807, 2.05) is 6.92 Å². The molecule has 0 saturated carbocycles. The zero-order valence-corrected chi connectivity index (χ0v) is 14.0. The second-order valence-electron chi connectivity index (χ2n) is 5.29. The zero-order chi connectivity index (χ0) is 15.7. The van der Waals surface area contributed by atoms with Gasteiger partial charge in [-0.3, -0.25) is 0 Å². The minimum absolute atomic E-state index is 0.336. The molecule has 0 spiro atoms. The molecule has 21 heavy (non-hydrogen) atoms. The number of anilines is 1.